The Morgan fingerprint density at radius 2 is 1.91 bits per heavy atom. The minimum absolute atomic E-state index is 0.140. The smallest absolute Gasteiger partial charge is 0.130 e. The van der Waals surface area contributed by atoms with Crippen LogP contribution in [0, 0.1) is 0 Å². The van der Waals surface area contributed by atoms with Crippen LogP contribution in [0.3, 0.4) is 0 Å². The number of hydrogen-bond acceptors (Lipinski definition) is 4. The fourth-order valence-electron chi connectivity index (χ4n) is 3.66. The molecule has 5 rings (SSSR count). The molecule has 0 saturated carbocycles. The summed E-state index contributed by atoms with van der Waals surface area (Å²) in [4.78, 5) is 4.23. The van der Waals surface area contributed by atoms with E-state index in [2.05, 4.69) is 56.3 Å². The number of H-pyrrole nitrogens is 1. The SMILES string of the molecule is Cn1ccc2ccc(/C=C/c3cc(/C=C/c4ccc(OCc5ccccn5)cc4O)n[nH]3)cc21. The van der Waals surface area contributed by atoms with Crippen molar-refractivity contribution in [2.24, 2.45) is 7.05 Å². The molecule has 0 bridgehead atoms. The highest BCUT2D eigenvalue weighted by Gasteiger charge is 2.03. The Morgan fingerprint density at radius 3 is 2.76 bits per heavy atom. The molecule has 0 aliphatic heterocycles. The van der Waals surface area contributed by atoms with Crippen molar-refractivity contribution < 1.29 is 9.84 Å². The van der Waals surface area contributed by atoms with Gasteiger partial charge in [0.05, 0.1) is 17.1 Å². The quantitative estimate of drug-likeness (QED) is 0.324. The number of phenolic OH excluding ortho intramolecular Hbond substituents is 1. The normalized spacial score (nSPS) is 11.7. The lowest BCUT2D eigenvalue weighted by Gasteiger charge is -2.07. The summed E-state index contributed by atoms with van der Waals surface area (Å²) in [5.74, 6) is 0.725. The second-order valence-corrected chi connectivity index (χ2v) is 7.99. The molecule has 0 spiro atoms. The van der Waals surface area contributed by atoms with E-state index < -0.39 is 0 Å². The number of nitrogens with zero attached hydrogens (tertiary/aromatic N) is 3. The maximum absolute atomic E-state index is 10.4. The molecule has 0 amide bonds. The summed E-state index contributed by atoms with van der Waals surface area (Å²) in [5.41, 5.74) is 5.50. The maximum Gasteiger partial charge on any atom is 0.130 e. The number of aromatic nitrogens is 4. The number of phenols is 1. The van der Waals surface area contributed by atoms with Gasteiger partial charge in [-0.25, -0.2) is 0 Å². The number of nitrogens with one attached hydrogen (secondary N) is 1. The van der Waals surface area contributed by atoms with Crippen LogP contribution >= 0.6 is 0 Å². The molecule has 3 aromatic heterocycles. The fraction of sp³-hybridized carbons (Fsp3) is 0.0714. The minimum atomic E-state index is 0.140. The molecular formula is C28H24N4O2. The molecule has 34 heavy (non-hydrogen) atoms. The van der Waals surface area contributed by atoms with Gasteiger partial charge in [0.15, 0.2) is 0 Å². The molecule has 0 aliphatic rings. The molecule has 0 fully saturated rings. The summed E-state index contributed by atoms with van der Waals surface area (Å²) < 4.78 is 7.82. The van der Waals surface area contributed by atoms with E-state index in [1.165, 1.54) is 10.9 Å². The van der Waals surface area contributed by atoms with Crippen molar-refractivity contribution in [2.75, 3.05) is 0 Å². The first-order valence-electron chi connectivity index (χ1n) is 11.0. The van der Waals surface area contributed by atoms with E-state index in [1.807, 2.05) is 61.7 Å². The van der Waals surface area contributed by atoms with E-state index in [0.29, 0.717) is 17.9 Å². The number of aryl methyl sites for hydroxylation is 1. The van der Waals surface area contributed by atoms with E-state index in [0.717, 1.165) is 22.6 Å². The lowest BCUT2D eigenvalue weighted by atomic mass is 10.1. The van der Waals surface area contributed by atoms with Gasteiger partial charge in [-0.1, -0.05) is 24.3 Å². The first kappa shape index (κ1) is 21.3. The van der Waals surface area contributed by atoms with E-state index >= 15 is 0 Å². The molecule has 0 atom stereocenters. The van der Waals surface area contributed by atoms with Crippen LogP contribution in [0.4, 0.5) is 0 Å². The van der Waals surface area contributed by atoms with E-state index in [9.17, 15) is 5.11 Å². The minimum Gasteiger partial charge on any atom is -0.507 e. The van der Waals surface area contributed by atoms with Gasteiger partial charge in [0.1, 0.15) is 18.1 Å². The van der Waals surface area contributed by atoms with Crippen molar-refractivity contribution in [1.82, 2.24) is 19.7 Å². The number of pyridine rings is 1. The molecule has 0 unspecified atom stereocenters. The zero-order chi connectivity index (χ0) is 23.3. The topological polar surface area (TPSA) is 76.0 Å². The first-order valence-corrected chi connectivity index (χ1v) is 11.0. The monoisotopic (exact) mass is 448 g/mol. The van der Waals surface area contributed by atoms with Crippen molar-refractivity contribution >= 4 is 35.2 Å². The van der Waals surface area contributed by atoms with Gasteiger partial charge in [-0.15, -0.1) is 0 Å². The van der Waals surface area contributed by atoms with Crippen LogP contribution in [0.25, 0.3) is 35.2 Å². The second kappa shape index (κ2) is 9.50. The molecule has 5 aromatic rings. The number of ether oxygens (including phenoxy) is 1. The van der Waals surface area contributed by atoms with E-state index in [-0.39, 0.29) is 5.75 Å². The lowest BCUT2D eigenvalue weighted by Crippen LogP contribution is -1.97. The Morgan fingerprint density at radius 1 is 0.971 bits per heavy atom. The van der Waals surface area contributed by atoms with Gasteiger partial charge in [-0.05, 0) is 71.6 Å². The number of benzene rings is 2. The van der Waals surface area contributed by atoms with Gasteiger partial charge >= 0.3 is 0 Å². The first-order chi connectivity index (χ1) is 16.6. The molecule has 6 nitrogen and oxygen atoms in total. The van der Waals surface area contributed by atoms with Crippen molar-refractivity contribution in [3.63, 3.8) is 0 Å². The van der Waals surface area contributed by atoms with Crippen LogP contribution < -0.4 is 4.74 Å². The predicted octanol–water partition coefficient (Wildman–Crippen LogP) is 5.92. The molecule has 0 radical (unpaired) electrons. The van der Waals surface area contributed by atoms with Crippen LogP contribution in [0.15, 0.2) is 79.1 Å². The number of aromatic hydroxyl groups is 1. The van der Waals surface area contributed by atoms with Crippen molar-refractivity contribution in [3.8, 4) is 11.5 Å². The molecule has 0 aliphatic carbocycles. The number of fused-ring (bicyclic) bond motifs is 1. The third kappa shape index (κ3) is 4.91. The summed E-state index contributed by atoms with van der Waals surface area (Å²) in [6.45, 7) is 0.345. The number of aromatic amines is 1. The summed E-state index contributed by atoms with van der Waals surface area (Å²) >= 11 is 0. The Kier molecular flexibility index (Phi) is 5.95. The number of rotatable bonds is 7. The fourth-order valence-corrected chi connectivity index (χ4v) is 3.66. The van der Waals surface area contributed by atoms with E-state index in [1.54, 1.807) is 12.3 Å². The van der Waals surface area contributed by atoms with Gasteiger partial charge in [0, 0.05) is 36.6 Å². The maximum atomic E-state index is 10.4. The van der Waals surface area contributed by atoms with Crippen LogP contribution in [0.1, 0.15) is 28.2 Å². The largest absolute Gasteiger partial charge is 0.507 e. The van der Waals surface area contributed by atoms with Gasteiger partial charge in [-0.3, -0.25) is 10.1 Å². The van der Waals surface area contributed by atoms with E-state index in [4.69, 9.17) is 4.74 Å². The Balaban J connectivity index is 1.23. The Hall–Kier alpha value is -4.58. The van der Waals surface area contributed by atoms with Gasteiger partial charge < -0.3 is 14.4 Å². The van der Waals surface area contributed by atoms with Crippen molar-refractivity contribution in [1.29, 1.82) is 0 Å². The highest BCUT2D eigenvalue weighted by molar-refractivity contribution is 5.84. The van der Waals surface area contributed by atoms with Gasteiger partial charge in [-0.2, -0.15) is 5.10 Å². The van der Waals surface area contributed by atoms with Crippen LogP contribution in [-0.2, 0) is 13.7 Å². The Bertz CT molecular complexity index is 1480. The standard InChI is InChI=1S/C28H24N4O2/c1-32-15-13-21-7-5-20(16-27(21)32)6-10-23-17-24(31-30-23)11-8-22-9-12-26(18-28(22)33)34-19-25-4-2-3-14-29-25/h2-18,33H,19H2,1H3,(H,30,31)/b10-6+,11-8+. The molecular weight excluding hydrogens is 424 g/mol. The van der Waals surface area contributed by atoms with Crippen molar-refractivity contribution in [2.45, 2.75) is 6.61 Å². The predicted molar refractivity (Wildman–Crippen MR) is 136 cm³/mol. The lowest BCUT2D eigenvalue weighted by molar-refractivity contribution is 0.299. The third-order valence-corrected chi connectivity index (χ3v) is 5.53. The Labute approximate surface area is 197 Å². The molecule has 168 valence electrons. The molecule has 2 N–H and O–H groups in total. The summed E-state index contributed by atoms with van der Waals surface area (Å²) in [7, 11) is 2.05. The van der Waals surface area contributed by atoms with Crippen LogP contribution in [0.5, 0.6) is 11.5 Å². The molecule has 0 saturated heterocycles. The second-order valence-electron chi connectivity index (χ2n) is 7.99. The highest BCUT2D eigenvalue weighted by Crippen LogP contribution is 2.26. The highest BCUT2D eigenvalue weighted by atomic mass is 16.5. The average Bonchev–Trinajstić information content (AvgIpc) is 3.48. The molecule has 2 aromatic carbocycles. The summed E-state index contributed by atoms with van der Waals surface area (Å²) in [6, 6.07) is 21.4. The van der Waals surface area contributed by atoms with Crippen LogP contribution in [0.2, 0.25) is 0 Å². The van der Waals surface area contributed by atoms with Crippen molar-refractivity contribution in [3.05, 3.63) is 107 Å². The molecule has 6 heteroatoms. The van der Waals surface area contributed by atoms with Crippen LogP contribution in [-0.4, -0.2) is 24.9 Å². The number of hydrogen-bond donors (Lipinski definition) is 2. The average molecular weight is 449 g/mol. The van der Waals surface area contributed by atoms with Gasteiger partial charge in [0.2, 0.25) is 0 Å². The zero-order valence-corrected chi connectivity index (χ0v) is 18.7. The third-order valence-electron chi connectivity index (χ3n) is 5.53. The summed E-state index contributed by atoms with van der Waals surface area (Å²) in [5, 5.41) is 19.0. The van der Waals surface area contributed by atoms with Gasteiger partial charge in [0.25, 0.3) is 0 Å². The molecule has 3 heterocycles. The summed E-state index contributed by atoms with van der Waals surface area (Å²) in [6.07, 6.45) is 11.5. The zero-order valence-electron chi connectivity index (χ0n) is 18.7.